The van der Waals surface area contributed by atoms with Crippen LogP contribution in [0.4, 0.5) is 0 Å². The second-order valence-electron chi connectivity index (χ2n) is 6.98. The van der Waals surface area contributed by atoms with Gasteiger partial charge >= 0.3 is 5.97 Å². The molecule has 0 saturated heterocycles. The molecule has 0 aliphatic carbocycles. The van der Waals surface area contributed by atoms with Crippen LogP contribution < -0.4 is 0 Å². The van der Waals surface area contributed by atoms with Crippen molar-refractivity contribution < 1.29 is 18.8 Å². The minimum atomic E-state index is -0.465. The molecule has 0 saturated carbocycles. The van der Waals surface area contributed by atoms with Gasteiger partial charge in [-0.2, -0.15) is 4.98 Å². The van der Waals surface area contributed by atoms with Crippen LogP contribution in [0.25, 0.3) is 11.4 Å². The average Bonchev–Trinajstić information content (AvgIpc) is 3.01. The van der Waals surface area contributed by atoms with E-state index in [4.69, 9.17) is 14.0 Å². The zero-order valence-electron chi connectivity index (χ0n) is 15.5. The van der Waals surface area contributed by atoms with E-state index in [-0.39, 0.29) is 11.9 Å². The Hall–Kier alpha value is -2.21. The molecule has 0 aliphatic heterocycles. The molecule has 1 heterocycles. The highest BCUT2D eigenvalue weighted by molar-refractivity contribution is 5.72. The Morgan fingerprint density at radius 1 is 1.24 bits per heavy atom. The van der Waals surface area contributed by atoms with Gasteiger partial charge in [-0.25, -0.2) is 0 Å². The molecule has 25 heavy (non-hydrogen) atoms. The third-order valence-electron chi connectivity index (χ3n) is 3.46. The number of aromatic nitrogens is 2. The number of benzene rings is 1. The molecule has 0 bridgehead atoms. The monoisotopic (exact) mass is 346 g/mol. The first-order chi connectivity index (χ1) is 11.8. The summed E-state index contributed by atoms with van der Waals surface area (Å²) in [6.07, 6.45) is 0.622. The summed E-state index contributed by atoms with van der Waals surface area (Å²) in [6, 6.07) is 7.78. The number of carbonyl (C=O) groups excluding carboxylic acids is 1. The Morgan fingerprint density at radius 3 is 2.52 bits per heavy atom. The molecular weight excluding hydrogens is 320 g/mol. The number of esters is 1. The predicted molar refractivity (Wildman–Crippen MR) is 93.8 cm³/mol. The van der Waals surface area contributed by atoms with E-state index in [1.807, 2.05) is 58.9 Å². The number of hydrogen-bond donors (Lipinski definition) is 0. The normalized spacial score (nSPS) is 12.8. The third-order valence-corrected chi connectivity index (χ3v) is 3.46. The molecule has 0 N–H and O–H groups in total. The molecule has 2 rings (SSSR count). The average molecular weight is 346 g/mol. The maximum atomic E-state index is 12.1. The van der Waals surface area contributed by atoms with Gasteiger partial charge in [-0.15, -0.1) is 0 Å². The van der Waals surface area contributed by atoms with Gasteiger partial charge in [-0.1, -0.05) is 36.3 Å². The van der Waals surface area contributed by atoms with Gasteiger partial charge < -0.3 is 14.0 Å². The van der Waals surface area contributed by atoms with E-state index in [1.165, 1.54) is 0 Å². The van der Waals surface area contributed by atoms with Gasteiger partial charge in [-0.3, -0.25) is 4.79 Å². The lowest BCUT2D eigenvalue weighted by Gasteiger charge is -2.22. The fourth-order valence-corrected chi connectivity index (χ4v) is 2.25. The summed E-state index contributed by atoms with van der Waals surface area (Å²) in [5.74, 6) is 0.601. The van der Waals surface area contributed by atoms with Crippen molar-refractivity contribution in [1.29, 1.82) is 0 Å². The van der Waals surface area contributed by atoms with Crippen LogP contribution in [0.2, 0.25) is 0 Å². The lowest BCUT2D eigenvalue weighted by molar-refractivity contribution is -0.159. The fourth-order valence-electron chi connectivity index (χ4n) is 2.25. The van der Waals surface area contributed by atoms with Crippen LogP contribution >= 0.6 is 0 Å². The highest BCUT2D eigenvalue weighted by Gasteiger charge is 2.22. The third kappa shape index (κ3) is 5.98. The number of carbonyl (C=O) groups is 1. The van der Waals surface area contributed by atoms with E-state index in [0.29, 0.717) is 31.3 Å². The van der Waals surface area contributed by atoms with E-state index in [1.54, 1.807) is 0 Å². The van der Waals surface area contributed by atoms with E-state index in [9.17, 15) is 4.79 Å². The van der Waals surface area contributed by atoms with Crippen molar-refractivity contribution in [3.05, 3.63) is 35.7 Å². The molecule has 0 unspecified atom stereocenters. The van der Waals surface area contributed by atoms with Gasteiger partial charge in [0, 0.05) is 12.2 Å². The molecule has 1 atom stereocenters. The van der Waals surface area contributed by atoms with Crippen molar-refractivity contribution in [2.45, 2.75) is 53.2 Å². The zero-order valence-corrected chi connectivity index (χ0v) is 15.5. The molecule has 0 radical (unpaired) electrons. The Bertz CT molecular complexity index is 686. The maximum Gasteiger partial charge on any atom is 0.309 e. The SMILES string of the molecule is CCOCc1nc(-c2ccc(C[C@H](C)C(=O)OC(C)(C)C)cc2)no1. The van der Waals surface area contributed by atoms with Crippen LogP contribution in [-0.2, 0) is 27.3 Å². The summed E-state index contributed by atoms with van der Waals surface area (Å²) in [6.45, 7) is 10.3. The van der Waals surface area contributed by atoms with Crippen LogP contribution in [0.1, 0.15) is 46.1 Å². The lowest BCUT2D eigenvalue weighted by Crippen LogP contribution is -2.28. The second kappa shape index (κ2) is 8.25. The molecular formula is C19H26N2O4. The summed E-state index contributed by atoms with van der Waals surface area (Å²) < 4.78 is 15.8. The minimum Gasteiger partial charge on any atom is -0.460 e. The first-order valence-corrected chi connectivity index (χ1v) is 8.51. The van der Waals surface area contributed by atoms with Gasteiger partial charge in [0.15, 0.2) is 0 Å². The summed E-state index contributed by atoms with van der Waals surface area (Å²) in [4.78, 5) is 16.4. The van der Waals surface area contributed by atoms with Gasteiger partial charge in [0.25, 0.3) is 5.89 Å². The summed E-state index contributed by atoms with van der Waals surface area (Å²) in [7, 11) is 0. The summed E-state index contributed by atoms with van der Waals surface area (Å²) in [5, 5.41) is 3.96. The molecule has 0 amide bonds. The van der Waals surface area contributed by atoms with Crippen LogP contribution in [0.3, 0.4) is 0 Å². The topological polar surface area (TPSA) is 74.5 Å². The van der Waals surface area contributed by atoms with Gasteiger partial charge in [0.2, 0.25) is 5.82 Å². The molecule has 0 fully saturated rings. The van der Waals surface area contributed by atoms with Crippen LogP contribution in [-0.4, -0.2) is 28.3 Å². The molecule has 1 aromatic heterocycles. The predicted octanol–water partition coefficient (Wildman–Crippen LogP) is 3.79. The fraction of sp³-hybridized carbons (Fsp3) is 0.526. The minimum absolute atomic E-state index is 0.185. The van der Waals surface area contributed by atoms with Crippen molar-refractivity contribution in [2.24, 2.45) is 5.92 Å². The van der Waals surface area contributed by atoms with Crippen molar-refractivity contribution in [1.82, 2.24) is 10.1 Å². The number of hydrogen-bond acceptors (Lipinski definition) is 6. The van der Waals surface area contributed by atoms with Crippen LogP contribution in [0.5, 0.6) is 0 Å². The molecule has 6 heteroatoms. The van der Waals surface area contributed by atoms with E-state index in [0.717, 1.165) is 11.1 Å². The van der Waals surface area contributed by atoms with Crippen molar-refractivity contribution >= 4 is 5.97 Å². The highest BCUT2D eigenvalue weighted by Crippen LogP contribution is 2.20. The van der Waals surface area contributed by atoms with Gasteiger partial charge in [0.1, 0.15) is 12.2 Å². The molecule has 6 nitrogen and oxygen atoms in total. The maximum absolute atomic E-state index is 12.1. The van der Waals surface area contributed by atoms with Crippen LogP contribution in [0.15, 0.2) is 28.8 Å². The largest absolute Gasteiger partial charge is 0.460 e. The molecule has 0 aliphatic rings. The zero-order chi connectivity index (χ0) is 18.4. The standard InChI is InChI=1S/C19H26N2O4/c1-6-23-12-16-20-17(21-25-16)15-9-7-14(8-10-15)11-13(2)18(22)24-19(3,4)5/h7-10,13H,6,11-12H2,1-5H3/t13-/m0/s1. The smallest absolute Gasteiger partial charge is 0.309 e. The quantitative estimate of drug-likeness (QED) is 0.710. The van der Waals surface area contributed by atoms with E-state index >= 15 is 0 Å². The summed E-state index contributed by atoms with van der Waals surface area (Å²) >= 11 is 0. The first-order valence-electron chi connectivity index (χ1n) is 8.51. The van der Waals surface area contributed by atoms with Crippen molar-refractivity contribution in [3.8, 4) is 11.4 Å². The number of rotatable bonds is 7. The second-order valence-corrected chi connectivity index (χ2v) is 6.98. The molecule has 0 spiro atoms. The molecule has 2 aromatic rings. The Labute approximate surface area is 148 Å². The lowest BCUT2D eigenvalue weighted by atomic mass is 10.00. The first kappa shape index (κ1) is 19.1. The highest BCUT2D eigenvalue weighted by atomic mass is 16.6. The Kier molecular flexibility index (Phi) is 6.31. The molecule has 1 aromatic carbocycles. The number of nitrogens with zero attached hydrogens (tertiary/aromatic N) is 2. The molecule has 136 valence electrons. The van der Waals surface area contributed by atoms with E-state index < -0.39 is 5.60 Å². The van der Waals surface area contributed by atoms with Gasteiger partial charge in [0.05, 0.1) is 5.92 Å². The summed E-state index contributed by atoms with van der Waals surface area (Å²) in [5.41, 5.74) is 1.45. The number of ether oxygens (including phenoxy) is 2. The van der Waals surface area contributed by atoms with Gasteiger partial charge in [-0.05, 0) is 39.7 Å². The van der Waals surface area contributed by atoms with Crippen molar-refractivity contribution in [2.75, 3.05) is 6.61 Å². The van der Waals surface area contributed by atoms with Crippen molar-refractivity contribution in [3.63, 3.8) is 0 Å². The Morgan fingerprint density at radius 2 is 1.92 bits per heavy atom. The van der Waals surface area contributed by atoms with E-state index in [2.05, 4.69) is 10.1 Å². The Balaban J connectivity index is 1.97. The van der Waals surface area contributed by atoms with Crippen LogP contribution in [0, 0.1) is 5.92 Å².